The molecule has 0 saturated carbocycles. The van der Waals surface area contributed by atoms with Crippen molar-refractivity contribution >= 4 is 23.0 Å². The Bertz CT molecular complexity index is 498. The number of benzene rings is 1. The molecule has 0 spiro atoms. The predicted molar refractivity (Wildman–Crippen MR) is 65.8 cm³/mol. The lowest BCUT2D eigenvalue weighted by molar-refractivity contribution is 0.205. The normalized spacial score (nSPS) is 12.6. The summed E-state index contributed by atoms with van der Waals surface area (Å²) < 4.78 is 5.23. The van der Waals surface area contributed by atoms with E-state index in [0.29, 0.717) is 6.73 Å². The Kier molecular flexibility index (Phi) is 2.38. The maximum Gasteiger partial charge on any atom is 0.178 e. The molecule has 0 aliphatic carbocycles. The molecule has 1 aromatic carbocycles. The smallest absolute Gasteiger partial charge is 0.178 e. The first-order valence-corrected chi connectivity index (χ1v) is 5.33. The van der Waals surface area contributed by atoms with Crippen molar-refractivity contribution in [1.29, 1.82) is 0 Å². The Labute approximate surface area is 99.1 Å². The molecule has 17 heavy (non-hydrogen) atoms. The molecule has 86 valence electrons. The van der Waals surface area contributed by atoms with Crippen molar-refractivity contribution in [3.05, 3.63) is 36.7 Å². The Morgan fingerprint density at radius 3 is 2.94 bits per heavy atom. The van der Waals surface area contributed by atoms with E-state index in [1.165, 1.54) is 0 Å². The highest BCUT2D eigenvalue weighted by Gasteiger charge is 2.23. The Morgan fingerprint density at radius 2 is 2.06 bits per heavy atom. The number of hydrogen-bond donors (Lipinski definition) is 1. The van der Waals surface area contributed by atoms with Crippen LogP contribution in [0.5, 0.6) is 0 Å². The first-order valence-electron chi connectivity index (χ1n) is 5.33. The predicted octanol–water partition coefficient (Wildman–Crippen LogP) is 2.28. The van der Waals surface area contributed by atoms with E-state index in [2.05, 4.69) is 15.3 Å². The van der Waals surface area contributed by atoms with Gasteiger partial charge in [0.15, 0.2) is 11.6 Å². The number of nitrogens with zero attached hydrogens (tertiary/aromatic N) is 3. The lowest BCUT2D eigenvalue weighted by atomic mass is 10.2. The third-order valence-electron chi connectivity index (χ3n) is 2.64. The van der Waals surface area contributed by atoms with Crippen molar-refractivity contribution < 1.29 is 4.74 Å². The van der Waals surface area contributed by atoms with Crippen LogP contribution in [0.2, 0.25) is 0 Å². The quantitative estimate of drug-likeness (QED) is 0.854. The molecule has 0 unspecified atom stereocenters. The van der Waals surface area contributed by atoms with E-state index in [-0.39, 0.29) is 0 Å². The molecule has 1 aliphatic heterocycles. The van der Waals surface area contributed by atoms with E-state index in [9.17, 15) is 0 Å². The molecular formula is C12H12N4O. The van der Waals surface area contributed by atoms with Crippen LogP contribution in [0.4, 0.5) is 23.0 Å². The van der Waals surface area contributed by atoms with Gasteiger partial charge in [0.2, 0.25) is 0 Å². The number of rotatable bonds is 2. The third kappa shape index (κ3) is 1.60. The molecule has 0 amide bonds. The molecule has 0 saturated heterocycles. The maximum absolute atomic E-state index is 5.23. The minimum atomic E-state index is 0.449. The molecule has 5 nitrogen and oxygen atoms in total. The SMILES string of the molecule is COCN1c2ccccc2Nc2nccnc21. The third-order valence-corrected chi connectivity index (χ3v) is 2.64. The van der Waals surface area contributed by atoms with E-state index in [1.54, 1.807) is 19.5 Å². The number of nitrogens with one attached hydrogen (secondary N) is 1. The monoisotopic (exact) mass is 228 g/mol. The van der Waals surface area contributed by atoms with Gasteiger partial charge in [0, 0.05) is 19.5 Å². The fraction of sp³-hybridized carbons (Fsp3) is 0.167. The number of hydrogen-bond acceptors (Lipinski definition) is 5. The van der Waals surface area contributed by atoms with Gasteiger partial charge >= 0.3 is 0 Å². The molecule has 3 rings (SSSR count). The van der Waals surface area contributed by atoms with Crippen LogP contribution >= 0.6 is 0 Å². The summed E-state index contributed by atoms with van der Waals surface area (Å²) in [5, 5.41) is 3.26. The number of methoxy groups -OCH3 is 1. The van der Waals surface area contributed by atoms with Crippen LogP contribution in [-0.2, 0) is 4.74 Å². The van der Waals surface area contributed by atoms with Gasteiger partial charge in [-0.1, -0.05) is 12.1 Å². The van der Waals surface area contributed by atoms with Crippen LogP contribution in [0.25, 0.3) is 0 Å². The second kappa shape index (κ2) is 4.03. The average Bonchev–Trinajstić information content (AvgIpc) is 2.39. The number of para-hydroxylation sites is 2. The molecule has 1 N–H and O–H groups in total. The van der Waals surface area contributed by atoms with Crippen molar-refractivity contribution in [3.63, 3.8) is 0 Å². The van der Waals surface area contributed by atoms with Crippen LogP contribution in [0, 0.1) is 0 Å². The highest BCUT2D eigenvalue weighted by molar-refractivity contribution is 5.87. The van der Waals surface area contributed by atoms with Gasteiger partial charge in [-0.15, -0.1) is 0 Å². The second-order valence-corrected chi connectivity index (χ2v) is 3.72. The standard InChI is InChI=1S/C12H12N4O/c1-17-8-16-10-5-3-2-4-9(10)15-11-12(16)14-7-6-13-11/h2-7H,8H2,1H3,(H,13,15). The fourth-order valence-electron chi connectivity index (χ4n) is 1.93. The molecule has 2 heterocycles. The number of fused-ring (bicyclic) bond motifs is 2. The number of aromatic nitrogens is 2. The van der Waals surface area contributed by atoms with Gasteiger partial charge < -0.3 is 10.1 Å². The summed E-state index contributed by atoms with van der Waals surface area (Å²) in [4.78, 5) is 10.6. The van der Waals surface area contributed by atoms with Crippen molar-refractivity contribution in [3.8, 4) is 0 Å². The Balaban J connectivity index is 2.13. The van der Waals surface area contributed by atoms with Gasteiger partial charge in [-0.25, -0.2) is 9.97 Å². The topological polar surface area (TPSA) is 50.3 Å². The van der Waals surface area contributed by atoms with E-state index < -0.39 is 0 Å². The summed E-state index contributed by atoms with van der Waals surface area (Å²) in [5.74, 6) is 1.54. The summed E-state index contributed by atoms with van der Waals surface area (Å²) in [7, 11) is 1.67. The van der Waals surface area contributed by atoms with Crippen molar-refractivity contribution in [2.75, 3.05) is 24.1 Å². The van der Waals surface area contributed by atoms with E-state index in [4.69, 9.17) is 4.74 Å². The second-order valence-electron chi connectivity index (χ2n) is 3.72. The van der Waals surface area contributed by atoms with Crippen LogP contribution in [0.1, 0.15) is 0 Å². The fourth-order valence-corrected chi connectivity index (χ4v) is 1.93. The molecule has 1 aromatic heterocycles. The van der Waals surface area contributed by atoms with E-state index in [0.717, 1.165) is 23.0 Å². The highest BCUT2D eigenvalue weighted by atomic mass is 16.5. The molecular weight excluding hydrogens is 216 g/mol. The summed E-state index contributed by atoms with van der Waals surface area (Å²) in [5.41, 5.74) is 2.06. The Hall–Kier alpha value is -2.14. The first kappa shape index (κ1) is 10.0. The summed E-state index contributed by atoms with van der Waals surface area (Å²) in [6, 6.07) is 8.01. The molecule has 0 fully saturated rings. The lowest BCUT2D eigenvalue weighted by Crippen LogP contribution is -2.26. The highest BCUT2D eigenvalue weighted by Crippen LogP contribution is 2.40. The van der Waals surface area contributed by atoms with Gasteiger partial charge in [-0.05, 0) is 12.1 Å². The van der Waals surface area contributed by atoms with E-state index >= 15 is 0 Å². The van der Waals surface area contributed by atoms with Crippen molar-refractivity contribution in [1.82, 2.24) is 9.97 Å². The minimum Gasteiger partial charge on any atom is -0.364 e. The van der Waals surface area contributed by atoms with Crippen molar-refractivity contribution in [2.45, 2.75) is 0 Å². The van der Waals surface area contributed by atoms with Crippen LogP contribution in [0.3, 0.4) is 0 Å². The molecule has 0 radical (unpaired) electrons. The maximum atomic E-state index is 5.23. The lowest BCUT2D eigenvalue weighted by Gasteiger charge is -2.30. The zero-order valence-corrected chi connectivity index (χ0v) is 9.42. The number of ether oxygens (including phenoxy) is 1. The largest absolute Gasteiger partial charge is 0.364 e. The van der Waals surface area contributed by atoms with Crippen LogP contribution < -0.4 is 10.2 Å². The molecule has 0 atom stereocenters. The van der Waals surface area contributed by atoms with Gasteiger partial charge in [-0.3, -0.25) is 4.90 Å². The van der Waals surface area contributed by atoms with E-state index in [1.807, 2.05) is 29.2 Å². The minimum absolute atomic E-state index is 0.449. The first-order chi connectivity index (χ1) is 8.40. The summed E-state index contributed by atoms with van der Waals surface area (Å²) >= 11 is 0. The summed E-state index contributed by atoms with van der Waals surface area (Å²) in [6.07, 6.45) is 3.35. The zero-order valence-electron chi connectivity index (χ0n) is 9.42. The average molecular weight is 228 g/mol. The zero-order chi connectivity index (χ0) is 11.7. The van der Waals surface area contributed by atoms with Crippen molar-refractivity contribution in [2.24, 2.45) is 0 Å². The van der Waals surface area contributed by atoms with Crippen LogP contribution in [0.15, 0.2) is 36.7 Å². The molecule has 2 aromatic rings. The molecule has 0 bridgehead atoms. The van der Waals surface area contributed by atoms with Gasteiger partial charge in [0.1, 0.15) is 6.73 Å². The van der Waals surface area contributed by atoms with Gasteiger partial charge in [-0.2, -0.15) is 0 Å². The molecule has 5 heteroatoms. The molecule has 1 aliphatic rings. The Morgan fingerprint density at radius 1 is 1.24 bits per heavy atom. The summed E-state index contributed by atoms with van der Waals surface area (Å²) in [6.45, 7) is 0.449. The number of anilines is 4. The van der Waals surface area contributed by atoms with Gasteiger partial charge in [0.05, 0.1) is 11.4 Å². The van der Waals surface area contributed by atoms with Gasteiger partial charge in [0.25, 0.3) is 0 Å². The van der Waals surface area contributed by atoms with Crippen LogP contribution in [-0.4, -0.2) is 23.8 Å².